The first kappa shape index (κ1) is 17.3. The lowest BCUT2D eigenvalue weighted by atomic mass is 10.2. The molecule has 0 bridgehead atoms. The number of nitrogens with zero attached hydrogens (tertiary/aromatic N) is 1. The Morgan fingerprint density at radius 2 is 1.86 bits per heavy atom. The van der Waals surface area contributed by atoms with Crippen LogP contribution in [0.25, 0.3) is 0 Å². The fourth-order valence-electron chi connectivity index (χ4n) is 1.60. The predicted molar refractivity (Wildman–Crippen MR) is 75.2 cm³/mol. The monoisotopic (exact) mass is 316 g/mol. The van der Waals surface area contributed by atoms with Crippen LogP contribution in [0.3, 0.4) is 0 Å². The summed E-state index contributed by atoms with van der Waals surface area (Å²) in [5.41, 5.74) is 0.365. The molecule has 7 nitrogen and oxygen atoms in total. The van der Waals surface area contributed by atoms with E-state index >= 15 is 0 Å². The molecule has 0 radical (unpaired) electrons. The minimum absolute atomic E-state index is 0.0340. The van der Waals surface area contributed by atoms with Crippen molar-refractivity contribution in [2.75, 3.05) is 11.5 Å². The van der Waals surface area contributed by atoms with Gasteiger partial charge in [0.25, 0.3) is 0 Å². The minimum atomic E-state index is -4.10. The molecule has 0 aliphatic rings. The molecule has 0 heterocycles. The van der Waals surface area contributed by atoms with E-state index in [0.29, 0.717) is 12.1 Å². The van der Waals surface area contributed by atoms with Gasteiger partial charge >= 0.3 is 10.4 Å². The van der Waals surface area contributed by atoms with Gasteiger partial charge in [0.2, 0.25) is 0 Å². The Labute approximate surface area is 124 Å². The Balaban J connectivity index is 2.85. The molecule has 8 heteroatoms. The maximum absolute atomic E-state index is 11.4. The van der Waals surface area contributed by atoms with E-state index in [1.165, 1.54) is 24.3 Å². The zero-order chi connectivity index (χ0) is 16.0. The molecule has 0 unspecified atom stereocenters. The highest BCUT2D eigenvalue weighted by atomic mass is 32.3. The van der Waals surface area contributed by atoms with E-state index in [1.54, 1.807) is 20.8 Å². The van der Waals surface area contributed by atoms with Gasteiger partial charge in [-0.15, -0.1) is 0 Å². The van der Waals surface area contributed by atoms with E-state index in [2.05, 4.69) is 4.18 Å². The zero-order valence-electron chi connectivity index (χ0n) is 12.1. The van der Waals surface area contributed by atoms with Crippen molar-refractivity contribution >= 4 is 22.2 Å². The third kappa shape index (κ3) is 5.24. The van der Waals surface area contributed by atoms with E-state index in [0.717, 1.165) is 4.90 Å². The van der Waals surface area contributed by atoms with Gasteiger partial charge in [0.05, 0.1) is 6.61 Å². The van der Waals surface area contributed by atoms with Gasteiger partial charge in [0.1, 0.15) is 11.8 Å². The quantitative estimate of drug-likeness (QED) is 0.752. The van der Waals surface area contributed by atoms with Crippen molar-refractivity contribution in [3.63, 3.8) is 0 Å². The standard InChI is InChI=1S/C13H19NO6S/c1-4-9-19-21(17,18)20-12-7-5-11(6-8-12)14(10(2)3)13(15)16/h5-8,10H,4,9H2,1-3H3,(H,15,16)/p-1. The average molecular weight is 316 g/mol. The first-order valence-corrected chi connectivity index (χ1v) is 7.79. The third-order valence-electron chi connectivity index (χ3n) is 2.46. The molecular weight excluding hydrogens is 298 g/mol. The number of hydrogen-bond acceptors (Lipinski definition) is 6. The Hall–Kier alpha value is -1.80. The van der Waals surface area contributed by atoms with Crippen LogP contribution in [-0.2, 0) is 14.6 Å². The molecular formula is C13H18NO6S-. The summed E-state index contributed by atoms with van der Waals surface area (Å²) in [4.78, 5) is 12.1. The van der Waals surface area contributed by atoms with Crippen molar-refractivity contribution < 1.29 is 26.7 Å². The second kappa shape index (κ2) is 7.28. The number of carbonyl (C=O) groups excluding carboxylic acids is 1. The van der Waals surface area contributed by atoms with Crippen LogP contribution in [0.5, 0.6) is 5.75 Å². The third-order valence-corrected chi connectivity index (χ3v) is 3.31. The summed E-state index contributed by atoms with van der Waals surface area (Å²) in [5, 5.41) is 11.0. The number of anilines is 1. The maximum atomic E-state index is 11.4. The highest BCUT2D eigenvalue weighted by Crippen LogP contribution is 2.22. The molecule has 0 saturated carbocycles. The molecule has 0 spiro atoms. The second-order valence-electron chi connectivity index (χ2n) is 4.54. The van der Waals surface area contributed by atoms with Crippen molar-refractivity contribution in [1.82, 2.24) is 0 Å². The molecule has 0 N–H and O–H groups in total. The van der Waals surface area contributed by atoms with Gasteiger partial charge in [-0.2, -0.15) is 8.42 Å². The molecule has 118 valence electrons. The summed E-state index contributed by atoms with van der Waals surface area (Å²) in [7, 11) is -4.10. The van der Waals surface area contributed by atoms with Gasteiger partial charge in [-0.25, -0.2) is 4.18 Å². The van der Waals surface area contributed by atoms with Gasteiger partial charge in [0, 0.05) is 11.7 Å². The molecule has 0 fully saturated rings. The van der Waals surface area contributed by atoms with E-state index in [4.69, 9.17) is 4.18 Å². The Morgan fingerprint density at radius 1 is 1.29 bits per heavy atom. The summed E-state index contributed by atoms with van der Waals surface area (Å²) in [6, 6.07) is 5.25. The van der Waals surface area contributed by atoms with E-state index in [1.807, 2.05) is 0 Å². The molecule has 1 aromatic rings. The first-order chi connectivity index (χ1) is 9.76. The predicted octanol–water partition coefficient (Wildman–Crippen LogP) is 1.29. The number of carbonyl (C=O) groups is 1. The van der Waals surface area contributed by atoms with Crippen LogP contribution in [0.1, 0.15) is 27.2 Å². The van der Waals surface area contributed by atoms with Crippen LogP contribution < -0.4 is 14.2 Å². The van der Waals surface area contributed by atoms with Gasteiger partial charge in [-0.05, 0) is 44.5 Å². The summed E-state index contributed by atoms with van der Waals surface area (Å²) < 4.78 is 32.2. The molecule has 1 rings (SSSR count). The van der Waals surface area contributed by atoms with Crippen molar-refractivity contribution in [3.8, 4) is 5.75 Å². The molecule has 1 amide bonds. The van der Waals surface area contributed by atoms with E-state index in [9.17, 15) is 18.3 Å². The highest BCUT2D eigenvalue weighted by Gasteiger charge is 2.15. The smallest absolute Gasteiger partial charge is 0.449 e. The topological polar surface area (TPSA) is 96.0 Å². The molecule has 21 heavy (non-hydrogen) atoms. The Kier molecular flexibility index (Phi) is 5.98. The SMILES string of the molecule is CCCOS(=O)(=O)Oc1ccc(N(C(=O)[O-])C(C)C)cc1. The van der Waals surface area contributed by atoms with Crippen LogP contribution in [0.15, 0.2) is 24.3 Å². The highest BCUT2D eigenvalue weighted by molar-refractivity contribution is 7.82. The first-order valence-electron chi connectivity index (χ1n) is 6.46. The largest absolute Gasteiger partial charge is 0.530 e. The summed E-state index contributed by atoms with van der Waals surface area (Å²) in [6.07, 6.45) is -0.797. The zero-order valence-corrected chi connectivity index (χ0v) is 12.9. The number of carboxylic acid groups (broad SMARTS) is 1. The Bertz CT molecular complexity index is 567. The number of rotatable bonds is 7. The van der Waals surface area contributed by atoms with Gasteiger partial charge < -0.3 is 19.0 Å². The van der Waals surface area contributed by atoms with Gasteiger partial charge in [-0.3, -0.25) is 0 Å². The van der Waals surface area contributed by atoms with Crippen molar-refractivity contribution in [2.45, 2.75) is 33.2 Å². The van der Waals surface area contributed by atoms with Crippen molar-refractivity contribution in [3.05, 3.63) is 24.3 Å². The maximum Gasteiger partial charge on any atom is 0.449 e. The Morgan fingerprint density at radius 3 is 2.29 bits per heavy atom. The van der Waals surface area contributed by atoms with Crippen LogP contribution in [0, 0.1) is 0 Å². The molecule has 0 saturated heterocycles. The lowest BCUT2D eigenvalue weighted by molar-refractivity contribution is -0.247. The fourth-order valence-corrected chi connectivity index (χ4v) is 2.37. The van der Waals surface area contributed by atoms with Crippen LogP contribution in [0.4, 0.5) is 10.5 Å². The average Bonchev–Trinajstić information content (AvgIpc) is 2.37. The molecule has 0 aliphatic carbocycles. The lowest BCUT2D eigenvalue weighted by Crippen LogP contribution is -2.45. The van der Waals surface area contributed by atoms with E-state index in [-0.39, 0.29) is 18.4 Å². The number of amides is 1. The number of hydrogen-bond donors (Lipinski definition) is 0. The lowest BCUT2D eigenvalue weighted by Gasteiger charge is -2.29. The normalized spacial score (nSPS) is 11.4. The molecule has 0 atom stereocenters. The van der Waals surface area contributed by atoms with Crippen LogP contribution in [-0.4, -0.2) is 27.2 Å². The van der Waals surface area contributed by atoms with Crippen LogP contribution >= 0.6 is 0 Å². The van der Waals surface area contributed by atoms with E-state index < -0.39 is 16.5 Å². The number of benzene rings is 1. The van der Waals surface area contributed by atoms with Crippen LogP contribution in [0.2, 0.25) is 0 Å². The van der Waals surface area contributed by atoms with Gasteiger partial charge in [-0.1, -0.05) is 6.92 Å². The van der Waals surface area contributed by atoms with Crippen molar-refractivity contribution in [1.29, 1.82) is 0 Å². The van der Waals surface area contributed by atoms with Gasteiger partial charge in [0.15, 0.2) is 0 Å². The summed E-state index contributed by atoms with van der Waals surface area (Å²) in [5.74, 6) is 0.0388. The van der Waals surface area contributed by atoms with Crippen molar-refractivity contribution in [2.24, 2.45) is 0 Å². The fraction of sp³-hybridized carbons (Fsp3) is 0.462. The second-order valence-corrected chi connectivity index (χ2v) is 5.76. The minimum Gasteiger partial charge on any atom is -0.530 e. The summed E-state index contributed by atoms with van der Waals surface area (Å²) in [6.45, 7) is 5.20. The summed E-state index contributed by atoms with van der Waals surface area (Å²) >= 11 is 0. The molecule has 0 aromatic heterocycles. The molecule has 1 aromatic carbocycles. The molecule has 0 aliphatic heterocycles.